The van der Waals surface area contributed by atoms with E-state index in [1.165, 1.54) is 24.1 Å². The molecule has 0 bridgehead atoms. The van der Waals surface area contributed by atoms with Crippen molar-refractivity contribution in [1.82, 2.24) is 15.6 Å². The Morgan fingerprint density at radius 3 is 2.79 bits per heavy atom. The molecular weight excluding hydrogens is 455 g/mol. The van der Waals surface area contributed by atoms with Crippen molar-refractivity contribution in [2.24, 2.45) is 0 Å². The SMILES string of the molecule is CNC(=O)Oc1cc2cc(N3CC[C@@](O)(C(=O)NCc4cc(F)cc(Cl)c4)C3=O)ccc2[nH]1. The number of carbonyl (C=O) groups is 3. The zero-order chi connectivity index (χ0) is 23.8. The van der Waals surface area contributed by atoms with Gasteiger partial charge in [0.2, 0.25) is 11.5 Å². The van der Waals surface area contributed by atoms with E-state index in [1.807, 2.05) is 0 Å². The van der Waals surface area contributed by atoms with Crippen molar-refractivity contribution < 1.29 is 28.6 Å². The molecule has 3 amide bonds. The van der Waals surface area contributed by atoms with E-state index in [0.29, 0.717) is 22.2 Å². The number of hydrogen-bond donors (Lipinski definition) is 4. The van der Waals surface area contributed by atoms with Crippen LogP contribution in [0, 0.1) is 5.82 Å². The summed E-state index contributed by atoms with van der Waals surface area (Å²) in [5.74, 6) is -1.98. The number of carbonyl (C=O) groups excluding carboxylic acids is 3. The average Bonchev–Trinajstić information content (AvgIpc) is 3.31. The lowest BCUT2D eigenvalue weighted by atomic mass is 10.0. The topological polar surface area (TPSA) is 124 Å². The number of ether oxygens (including phenoxy) is 1. The number of hydrogen-bond acceptors (Lipinski definition) is 5. The fraction of sp³-hybridized carbons (Fsp3) is 0.227. The van der Waals surface area contributed by atoms with Gasteiger partial charge in [-0.3, -0.25) is 9.59 Å². The van der Waals surface area contributed by atoms with Crippen LogP contribution in [0.2, 0.25) is 5.02 Å². The number of aliphatic hydroxyl groups is 1. The Labute approximate surface area is 192 Å². The molecule has 1 aliphatic rings. The fourth-order valence-corrected chi connectivity index (χ4v) is 3.92. The summed E-state index contributed by atoms with van der Waals surface area (Å²) in [7, 11) is 1.44. The molecule has 1 aliphatic heterocycles. The quantitative estimate of drug-likeness (QED) is 0.423. The Kier molecular flexibility index (Phi) is 5.96. The van der Waals surface area contributed by atoms with Gasteiger partial charge in [-0.1, -0.05) is 11.6 Å². The molecule has 11 heteroatoms. The van der Waals surface area contributed by atoms with Crippen LogP contribution in [0.4, 0.5) is 14.9 Å². The second-order valence-electron chi connectivity index (χ2n) is 7.57. The highest BCUT2D eigenvalue weighted by molar-refractivity contribution is 6.30. The van der Waals surface area contributed by atoms with Gasteiger partial charge in [0.05, 0.1) is 0 Å². The first kappa shape index (κ1) is 22.6. The Morgan fingerprint density at radius 2 is 2.06 bits per heavy atom. The molecule has 3 aromatic rings. The summed E-state index contributed by atoms with van der Waals surface area (Å²) in [5, 5.41) is 16.5. The van der Waals surface area contributed by atoms with Gasteiger partial charge in [0, 0.05) is 54.2 Å². The summed E-state index contributed by atoms with van der Waals surface area (Å²) >= 11 is 5.81. The molecule has 0 radical (unpaired) electrons. The van der Waals surface area contributed by atoms with E-state index in [4.69, 9.17) is 16.3 Å². The lowest BCUT2D eigenvalue weighted by Gasteiger charge is -2.22. The molecule has 1 fully saturated rings. The van der Waals surface area contributed by atoms with E-state index in [-0.39, 0.29) is 30.4 Å². The Balaban J connectivity index is 1.48. The van der Waals surface area contributed by atoms with Crippen LogP contribution in [-0.2, 0) is 16.1 Å². The molecule has 4 N–H and O–H groups in total. The predicted octanol–water partition coefficient (Wildman–Crippen LogP) is 2.46. The third-order valence-electron chi connectivity index (χ3n) is 5.35. The first-order valence-corrected chi connectivity index (χ1v) is 10.4. The summed E-state index contributed by atoms with van der Waals surface area (Å²) in [6.45, 7) is 0.0153. The van der Waals surface area contributed by atoms with Crippen molar-refractivity contribution in [1.29, 1.82) is 0 Å². The molecule has 0 saturated carbocycles. The molecule has 0 aliphatic carbocycles. The maximum Gasteiger partial charge on any atom is 0.413 e. The van der Waals surface area contributed by atoms with Crippen molar-refractivity contribution in [3.8, 4) is 5.88 Å². The number of rotatable bonds is 5. The van der Waals surface area contributed by atoms with Crippen LogP contribution >= 0.6 is 11.6 Å². The van der Waals surface area contributed by atoms with Crippen LogP contribution in [-0.4, -0.2) is 47.2 Å². The van der Waals surface area contributed by atoms with Crippen LogP contribution < -0.4 is 20.3 Å². The number of nitrogens with one attached hydrogen (secondary N) is 3. The van der Waals surface area contributed by atoms with E-state index in [2.05, 4.69) is 15.6 Å². The minimum absolute atomic E-state index is 0.102. The molecule has 1 atom stereocenters. The molecule has 172 valence electrons. The third-order valence-corrected chi connectivity index (χ3v) is 5.56. The van der Waals surface area contributed by atoms with Gasteiger partial charge in [0.15, 0.2) is 0 Å². The number of aromatic amines is 1. The molecular formula is C22H20ClFN4O5. The molecule has 1 aromatic heterocycles. The first-order valence-electron chi connectivity index (χ1n) is 9.99. The zero-order valence-electron chi connectivity index (χ0n) is 17.4. The number of H-pyrrole nitrogens is 1. The number of fused-ring (bicyclic) bond motifs is 1. The maximum absolute atomic E-state index is 13.5. The van der Waals surface area contributed by atoms with E-state index in [1.54, 1.807) is 24.3 Å². The summed E-state index contributed by atoms with van der Waals surface area (Å²) in [6.07, 6.45) is -0.745. The highest BCUT2D eigenvalue weighted by Crippen LogP contribution is 2.32. The van der Waals surface area contributed by atoms with E-state index < -0.39 is 29.3 Å². The first-order chi connectivity index (χ1) is 15.7. The van der Waals surface area contributed by atoms with Crippen LogP contribution in [0.5, 0.6) is 5.88 Å². The van der Waals surface area contributed by atoms with Gasteiger partial charge in [-0.15, -0.1) is 0 Å². The fourth-order valence-electron chi connectivity index (χ4n) is 3.67. The van der Waals surface area contributed by atoms with E-state index in [0.717, 1.165) is 6.07 Å². The second kappa shape index (κ2) is 8.72. The smallest absolute Gasteiger partial charge is 0.393 e. The summed E-state index contributed by atoms with van der Waals surface area (Å²) in [5.41, 5.74) is -0.714. The van der Waals surface area contributed by atoms with Gasteiger partial charge in [-0.05, 0) is 42.0 Å². The van der Waals surface area contributed by atoms with Gasteiger partial charge in [0.25, 0.3) is 11.8 Å². The largest absolute Gasteiger partial charge is 0.413 e. The maximum atomic E-state index is 13.5. The van der Waals surface area contributed by atoms with E-state index in [9.17, 15) is 23.9 Å². The summed E-state index contributed by atoms with van der Waals surface area (Å²) in [4.78, 5) is 41.2. The van der Waals surface area contributed by atoms with Gasteiger partial charge >= 0.3 is 6.09 Å². The summed E-state index contributed by atoms with van der Waals surface area (Å²) < 4.78 is 18.6. The molecule has 0 unspecified atom stereocenters. The van der Waals surface area contributed by atoms with E-state index >= 15 is 0 Å². The van der Waals surface area contributed by atoms with Gasteiger partial charge in [-0.2, -0.15) is 0 Å². The van der Waals surface area contributed by atoms with Gasteiger partial charge in [0.1, 0.15) is 5.82 Å². The number of aromatic nitrogens is 1. The van der Waals surface area contributed by atoms with Gasteiger partial charge < -0.3 is 30.4 Å². The van der Waals surface area contributed by atoms with Crippen molar-refractivity contribution >= 4 is 46.1 Å². The minimum Gasteiger partial charge on any atom is -0.393 e. The van der Waals surface area contributed by atoms with Crippen molar-refractivity contribution in [2.75, 3.05) is 18.5 Å². The highest BCUT2D eigenvalue weighted by atomic mass is 35.5. The Bertz CT molecular complexity index is 1240. The normalized spacial score (nSPS) is 17.9. The molecule has 2 heterocycles. The second-order valence-corrected chi connectivity index (χ2v) is 8.01. The highest BCUT2D eigenvalue weighted by Gasteiger charge is 2.51. The molecule has 0 spiro atoms. The number of anilines is 1. The van der Waals surface area contributed by atoms with Crippen LogP contribution in [0.15, 0.2) is 42.5 Å². The number of halogens is 2. The lowest BCUT2D eigenvalue weighted by Crippen LogP contribution is -2.52. The average molecular weight is 475 g/mol. The number of benzene rings is 2. The van der Waals surface area contributed by atoms with Gasteiger partial charge in [-0.25, -0.2) is 9.18 Å². The number of amides is 3. The van der Waals surface area contributed by atoms with Crippen molar-refractivity contribution in [3.63, 3.8) is 0 Å². The van der Waals surface area contributed by atoms with Crippen molar-refractivity contribution in [3.05, 3.63) is 58.9 Å². The molecule has 2 aromatic carbocycles. The van der Waals surface area contributed by atoms with Crippen LogP contribution in [0.1, 0.15) is 12.0 Å². The molecule has 4 rings (SSSR count). The summed E-state index contributed by atoms with van der Waals surface area (Å²) in [6, 6.07) is 10.4. The standard InChI is InChI=1S/C22H20ClFN4O5/c1-25-21(31)33-18-9-13-8-16(2-3-17(13)27-18)28-5-4-22(32,20(28)30)19(29)26-11-12-6-14(23)10-15(24)7-12/h2-3,6-10,27,32H,4-5,11H2,1H3,(H,25,31)(H,26,29)/t22-/m1/s1. The zero-order valence-corrected chi connectivity index (χ0v) is 18.2. The Hall–Kier alpha value is -3.63. The number of nitrogens with zero attached hydrogens (tertiary/aromatic N) is 1. The predicted molar refractivity (Wildman–Crippen MR) is 119 cm³/mol. The Morgan fingerprint density at radius 1 is 1.27 bits per heavy atom. The monoisotopic (exact) mass is 474 g/mol. The molecule has 33 heavy (non-hydrogen) atoms. The molecule has 1 saturated heterocycles. The third kappa shape index (κ3) is 4.48. The molecule has 9 nitrogen and oxygen atoms in total. The minimum atomic E-state index is -2.25. The van der Waals surface area contributed by atoms with Crippen LogP contribution in [0.3, 0.4) is 0 Å². The van der Waals surface area contributed by atoms with Crippen LogP contribution in [0.25, 0.3) is 10.9 Å². The van der Waals surface area contributed by atoms with Crippen molar-refractivity contribution in [2.45, 2.75) is 18.6 Å². The lowest BCUT2D eigenvalue weighted by molar-refractivity contribution is -0.149.